The summed E-state index contributed by atoms with van der Waals surface area (Å²) < 4.78 is 24.6. The lowest BCUT2D eigenvalue weighted by molar-refractivity contribution is -0.384. The molecule has 0 saturated heterocycles. The van der Waals surface area contributed by atoms with Gasteiger partial charge < -0.3 is 5.32 Å². The highest BCUT2D eigenvalue weighted by atomic mass is 32.2. The van der Waals surface area contributed by atoms with Crippen molar-refractivity contribution in [3.8, 4) is 0 Å². The van der Waals surface area contributed by atoms with Crippen molar-refractivity contribution in [3.63, 3.8) is 0 Å². The van der Waals surface area contributed by atoms with Crippen molar-refractivity contribution in [2.24, 2.45) is 0 Å². The maximum Gasteiger partial charge on any atom is 0.311 e. The lowest BCUT2D eigenvalue weighted by Crippen LogP contribution is -2.26. The van der Waals surface area contributed by atoms with Crippen molar-refractivity contribution < 1.29 is 13.3 Å². The SMILES string of the molecule is CN(C)S(=O)(=O)CCCNc1c([N+](=O)[O-])cnc2ccccc12. The molecule has 0 amide bonds. The van der Waals surface area contributed by atoms with Gasteiger partial charge in [-0.2, -0.15) is 0 Å². The number of para-hydroxylation sites is 1. The molecule has 0 aliphatic heterocycles. The lowest BCUT2D eigenvalue weighted by Gasteiger charge is -2.12. The largest absolute Gasteiger partial charge is 0.379 e. The topological polar surface area (TPSA) is 105 Å². The average molecular weight is 338 g/mol. The number of benzene rings is 1. The maximum atomic E-state index is 11.7. The summed E-state index contributed by atoms with van der Waals surface area (Å²) in [5.74, 6) is -0.0240. The fourth-order valence-electron chi connectivity index (χ4n) is 2.11. The summed E-state index contributed by atoms with van der Waals surface area (Å²) in [7, 11) is -0.322. The minimum absolute atomic E-state index is 0.0240. The Kier molecular flexibility index (Phi) is 5.12. The smallest absolute Gasteiger partial charge is 0.311 e. The molecular formula is C14H18N4O4S. The van der Waals surface area contributed by atoms with E-state index in [1.165, 1.54) is 20.3 Å². The summed E-state index contributed by atoms with van der Waals surface area (Å²) in [5.41, 5.74) is 0.878. The molecule has 1 heterocycles. The number of sulfonamides is 1. The van der Waals surface area contributed by atoms with E-state index in [-0.39, 0.29) is 11.4 Å². The van der Waals surface area contributed by atoms with Crippen molar-refractivity contribution in [1.29, 1.82) is 0 Å². The number of hydrogen-bond acceptors (Lipinski definition) is 6. The fraction of sp³-hybridized carbons (Fsp3) is 0.357. The monoisotopic (exact) mass is 338 g/mol. The second-order valence-electron chi connectivity index (χ2n) is 5.17. The third-order valence-electron chi connectivity index (χ3n) is 3.39. The number of hydrogen-bond donors (Lipinski definition) is 1. The number of aromatic nitrogens is 1. The van der Waals surface area contributed by atoms with Crippen LogP contribution in [0.5, 0.6) is 0 Å². The number of nitro groups is 1. The van der Waals surface area contributed by atoms with Crippen LogP contribution in [-0.2, 0) is 10.0 Å². The van der Waals surface area contributed by atoms with Gasteiger partial charge >= 0.3 is 5.69 Å². The van der Waals surface area contributed by atoms with Crippen LogP contribution >= 0.6 is 0 Å². The summed E-state index contributed by atoms with van der Waals surface area (Å²) in [6.45, 7) is 0.307. The van der Waals surface area contributed by atoms with E-state index < -0.39 is 14.9 Å². The van der Waals surface area contributed by atoms with Crippen LogP contribution in [0.2, 0.25) is 0 Å². The Morgan fingerprint density at radius 3 is 2.65 bits per heavy atom. The first-order valence-electron chi connectivity index (χ1n) is 6.99. The molecule has 23 heavy (non-hydrogen) atoms. The van der Waals surface area contributed by atoms with Crippen LogP contribution in [0.25, 0.3) is 10.9 Å². The van der Waals surface area contributed by atoms with E-state index in [1.807, 2.05) is 0 Å². The molecule has 0 saturated carbocycles. The number of nitrogens with one attached hydrogen (secondary N) is 1. The van der Waals surface area contributed by atoms with E-state index in [0.29, 0.717) is 29.6 Å². The molecular weight excluding hydrogens is 320 g/mol. The van der Waals surface area contributed by atoms with Gasteiger partial charge in [-0.15, -0.1) is 0 Å². The van der Waals surface area contributed by atoms with Crippen LogP contribution in [-0.4, -0.2) is 49.0 Å². The van der Waals surface area contributed by atoms with Crippen molar-refractivity contribution in [1.82, 2.24) is 9.29 Å². The third-order valence-corrected chi connectivity index (χ3v) is 5.31. The normalized spacial score (nSPS) is 11.8. The molecule has 124 valence electrons. The second-order valence-corrected chi connectivity index (χ2v) is 7.47. The summed E-state index contributed by atoms with van der Waals surface area (Å²) in [5, 5.41) is 14.8. The molecule has 1 N–H and O–H groups in total. The lowest BCUT2D eigenvalue weighted by atomic mass is 10.1. The number of fused-ring (bicyclic) bond motifs is 1. The molecule has 1 aromatic heterocycles. The standard InChI is InChI=1S/C14H18N4O4S/c1-17(2)23(21,22)9-5-8-15-14-11-6-3-4-7-12(11)16-10-13(14)18(19)20/h3-4,6-7,10H,5,8-9H2,1-2H3,(H,15,16). The van der Waals surface area contributed by atoms with Crippen molar-refractivity contribution in [3.05, 3.63) is 40.6 Å². The minimum atomic E-state index is -3.27. The Hall–Kier alpha value is -2.26. The molecule has 0 fully saturated rings. The highest BCUT2D eigenvalue weighted by Crippen LogP contribution is 2.31. The zero-order chi connectivity index (χ0) is 17.0. The Morgan fingerprint density at radius 1 is 1.30 bits per heavy atom. The van der Waals surface area contributed by atoms with Gasteiger partial charge in [-0.25, -0.2) is 17.7 Å². The average Bonchev–Trinajstić information content (AvgIpc) is 2.50. The van der Waals surface area contributed by atoms with Crippen molar-refractivity contribution in [2.75, 3.05) is 31.7 Å². The van der Waals surface area contributed by atoms with E-state index in [0.717, 1.165) is 4.31 Å². The van der Waals surface area contributed by atoms with Gasteiger partial charge in [0.25, 0.3) is 0 Å². The van der Waals surface area contributed by atoms with Gasteiger partial charge in [0.05, 0.1) is 16.2 Å². The summed E-state index contributed by atoms with van der Waals surface area (Å²) in [6, 6.07) is 7.08. The molecule has 0 aliphatic rings. The van der Waals surface area contributed by atoms with Gasteiger partial charge in [0.15, 0.2) is 0 Å². The quantitative estimate of drug-likeness (QED) is 0.469. The Labute approximate surface area is 134 Å². The van der Waals surface area contributed by atoms with E-state index in [9.17, 15) is 18.5 Å². The summed E-state index contributed by atoms with van der Waals surface area (Å²) in [4.78, 5) is 14.7. The molecule has 0 unspecified atom stereocenters. The number of anilines is 1. The van der Waals surface area contributed by atoms with Crippen LogP contribution in [0, 0.1) is 10.1 Å². The Balaban J connectivity index is 2.19. The highest BCUT2D eigenvalue weighted by molar-refractivity contribution is 7.89. The molecule has 1 aromatic carbocycles. The number of nitrogens with zero attached hydrogens (tertiary/aromatic N) is 3. The molecule has 0 bridgehead atoms. The van der Waals surface area contributed by atoms with E-state index in [1.54, 1.807) is 24.3 Å². The fourth-order valence-corrected chi connectivity index (χ4v) is 2.98. The van der Waals surface area contributed by atoms with Crippen LogP contribution in [0.15, 0.2) is 30.5 Å². The molecule has 0 atom stereocenters. The Morgan fingerprint density at radius 2 is 2.00 bits per heavy atom. The van der Waals surface area contributed by atoms with Gasteiger partial charge in [0.2, 0.25) is 10.0 Å². The number of pyridine rings is 1. The van der Waals surface area contributed by atoms with E-state index in [2.05, 4.69) is 10.3 Å². The second kappa shape index (κ2) is 6.88. The molecule has 2 rings (SSSR count). The van der Waals surface area contributed by atoms with Crippen LogP contribution in [0.3, 0.4) is 0 Å². The molecule has 2 aromatic rings. The maximum absolute atomic E-state index is 11.7. The van der Waals surface area contributed by atoms with Crippen LogP contribution in [0.1, 0.15) is 6.42 Å². The van der Waals surface area contributed by atoms with Crippen LogP contribution < -0.4 is 5.32 Å². The zero-order valence-electron chi connectivity index (χ0n) is 12.9. The highest BCUT2D eigenvalue weighted by Gasteiger charge is 2.18. The van der Waals surface area contributed by atoms with Crippen molar-refractivity contribution >= 4 is 32.3 Å². The molecule has 0 aliphatic carbocycles. The van der Waals surface area contributed by atoms with E-state index >= 15 is 0 Å². The zero-order valence-corrected chi connectivity index (χ0v) is 13.7. The molecule has 0 radical (unpaired) electrons. The van der Waals surface area contributed by atoms with Gasteiger partial charge in [-0.05, 0) is 12.5 Å². The third kappa shape index (κ3) is 3.93. The predicted molar refractivity (Wildman–Crippen MR) is 89.0 cm³/mol. The summed E-state index contributed by atoms with van der Waals surface area (Å²) >= 11 is 0. The predicted octanol–water partition coefficient (Wildman–Crippen LogP) is 1.84. The molecule has 9 heteroatoms. The van der Waals surface area contributed by atoms with Gasteiger partial charge in [-0.1, -0.05) is 18.2 Å². The van der Waals surface area contributed by atoms with Crippen molar-refractivity contribution in [2.45, 2.75) is 6.42 Å². The van der Waals surface area contributed by atoms with Gasteiger partial charge in [-0.3, -0.25) is 10.1 Å². The Bertz CT molecular complexity index is 821. The van der Waals surface area contributed by atoms with E-state index in [4.69, 9.17) is 0 Å². The first kappa shape index (κ1) is 17.1. The van der Waals surface area contributed by atoms with Gasteiger partial charge in [0, 0.05) is 26.0 Å². The summed E-state index contributed by atoms with van der Waals surface area (Å²) in [6.07, 6.45) is 1.55. The van der Waals surface area contributed by atoms with Gasteiger partial charge in [0.1, 0.15) is 11.9 Å². The number of rotatable bonds is 7. The van der Waals surface area contributed by atoms with Crippen LogP contribution in [0.4, 0.5) is 11.4 Å². The first-order chi connectivity index (χ1) is 10.8. The first-order valence-corrected chi connectivity index (χ1v) is 8.60. The minimum Gasteiger partial charge on any atom is -0.379 e. The molecule has 8 nitrogen and oxygen atoms in total. The molecule has 0 spiro atoms.